The fraction of sp³-hybridized carbons (Fsp3) is 0.304. The van der Waals surface area contributed by atoms with Gasteiger partial charge in [0.1, 0.15) is 5.75 Å². The van der Waals surface area contributed by atoms with Crippen molar-refractivity contribution in [2.24, 2.45) is 0 Å². The number of aromatic nitrogens is 1. The van der Waals surface area contributed by atoms with Crippen molar-refractivity contribution in [2.75, 3.05) is 37.7 Å². The van der Waals surface area contributed by atoms with Crippen LogP contribution in [0.15, 0.2) is 54.7 Å². The van der Waals surface area contributed by atoms with Crippen LogP contribution in [0, 0.1) is 0 Å². The average Bonchev–Trinajstić information content (AvgIpc) is 2.79. The molecule has 0 saturated carbocycles. The van der Waals surface area contributed by atoms with Crippen LogP contribution in [-0.2, 0) is 16.1 Å². The maximum absolute atomic E-state index is 13.1. The summed E-state index contributed by atoms with van der Waals surface area (Å²) in [7, 11) is 0. The van der Waals surface area contributed by atoms with Gasteiger partial charge >= 0.3 is 0 Å². The quantitative estimate of drug-likeness (QED) is 0.645. The minimum Gasteiger partial charge on any atom is -0.477 e. The van der Waals surface area contributed by atoms with Crippen molar-refractivity contribution in [1.82, 2.24) is 9.88 Å². The summed E-state index contributed by atoms with van der Waals surface area (Å²) in [5.74, 6) is 0.724. The number of para-hydroxylation sites is 2. The summed E-state index contributed by atoms with van der Waals surface area (Å²) >= 11 is 6.38. The van der Waals surface area contributed by atoms with Crippen LogP contribution in [0.2, 0.25) is 5.02 Å². The summed E-state index contributed by atoms with van der Waals surface area (Å²) in [5.41, 5.74) is 2.90. The zero-order valence-electron chi connectivity index (χ0n) is 16.5. The van der Waals surface area contributed by atoms with Crippen LogP contribution in [0.1, 0.15) is 5.56 Å². The van der Waals surface area contributed by atoms with Crippen molar-refractivity contribution in [2.45, 2.75) is 12.6 Å². The molecule has 0 radical (unpaired) electrons. The summed E-state index contributed by atoms with van der Waals surface area (Å²) < 4.78 is 11.5. The second kappa shape index (κ2) is 8.13. The van der Waals surface area contributed by atoms with E-state index < -0.39 is 6.10 Å². The Morgan fingerprint density at radius 1 is 1.13 bits per heavy atom. The lowest BCUT2D eigenvalue weighted by molar-refractivity contribution is -0.142. The number of anilines is 1. The van der Waals surface area contributed by atoms with Gasteiger partial charge in [0.05, 0.1) is 31.0 Å². The van der Waals surface area contributed by atoms with E-state index in [-0.39, 0.29) is 5.91 Å². The average molecular weight is 424 g/mol. The highest BCUT2D eigenvalue weighted by Gasteiger charge is 2.34. The first-order valence-corrected chi connectivity index (χ1v) is 10.5. The third-order valence-electron chi connectivity index (χ3n) is 5.57. The number of benzene rings is 2. The van der Waals surface area contributed by atoms with Gasteiger partial charge in [0.25, 0.3) is 5.91 Å². The molecular weight excluding hydrogens is 402 g/mol. The van der Waals surface area contributed by atoms with Gasteiger partial charge in [0.15, 0.2) is 6.10 Å². The lowest BCUT2D eigenvalue weighted by Crippen LogP contribution is -2.52. The molecule has 3 heterocycles. The third-order valence-corrected chi connectivity index (χ3v) is 5.79. The SMILES string of the molecule is O=C(C1CN(Cc2cc(Cl)cc3cccnc23)c2ccccc2O1)N1CCOCC1. The van der Waals surface area contributed by atoms with E-state index in [4.69, 9.17) is 21.1 Å². The fourth-order valence-corrected chi connectivity index (χ4v) is 4.38. The van der Waals surface area contributed by atoms with Crippen LogP contribution in [0.25, 0.3) is 10.9 Å². The zero-order chi connectivity index (χ0) is 20.5. The molecule has 1 fully saturated rings. The Balaban J connectivity index is 1.47. The van der Waals surface area contributed by atoms with Gasteiger partial charge in [0, 0.05) is 36.2 Å². The second-order valence-electron chi connectivity index (χ2n) is 7.53. The van der Waals surface area contributed by atoms with E-state index in [2.05, 4.69) is 9.88 Å². The summed E-state index contributed by atoms with van der Waals surface area (Å²) in [6, 6.07) is 15.6. The summed E-state index contributed by atoms with van der Waals surface area (Å²) in [4.78, 5) is 21.7. The molecule has 0 aliphatic carbocycles. The number of pyridine rings is 1. The van der Waals surface area contributed by atoms with Gasteiger partial charge in [-0.1, -0.05) is 29.8 Å². The van der Waals surface area contributed by atoms with Crippen molar-refractivity contribution in [3.63, 3.8) is 0 Å². The standard InChI is InChI=1S/C23H22ClN3O3/c24-18-12-16-4-3-7-25-22(16)17(13-18)14-27-15-21(23(28)26-8-10-29-11-9-26)30-20-6-2-1-5-19(20)27/h1-7,12-13,21H,8-11,14-15H2. The number of carbonyl (C=O) groups is 1. The van der Waals surface area contributed by atoms with Crippen molar-refractivity contribution in [1.29, 1.82) is 0 Å². The van der Waals surface area contributed by atoms with Crippen LogP contribution in [-0.4, -0.2) is 54.7 Å². The molecule has 2 aromatic carbocycles. The molecule has 0 N–H and O–H groups in total. The number of hydrogen-bond acceptors (Lipinski definition) is 5. The van der Waals surface area contributed by atoms with E-state index >= 15 is 0 Å². The molecule has 1 atom stereocenters. The molecule has 1 unspecified atom stereocenters. The molecule has 0 bridgehead atoms. The molecule has 1 saturated heterocycles. The number of fused-ring (bicyclic) bond motifs is 2. The van der Waals surface area contributed by atoms with Gasteiger partial charge in [0.2, 0.25) is 0 Å². The molecule has 5 rings (SSSR count). The Hall–Kier alpha value is -2.83. The molecule has 30 heavy (non-hydrogen) atoms. The van der Waals surface area contributed by atoms with Gasteiger partial charge in [-0.15, -0.1) is 0 Å². The molecular formula is C23H22ClN3O3. The minimum atomic E-state index is -0.559. The van der Waals surface area contributed by atoms with Crippen molar-refractivity contribution >= 4 is 34.1 Å². The normalized spacial score (nSPS) is 18.8. The molecule has 1 amide bonds. The van der Waals surface area contributed by atoms with Gasteiger partial charge in [-0.2, -0.15) is 0 Å². The monoisotopic (exact) mass is 423 g/mol. The van der Waals surface area contributed by atoms with E-state index in [9.17, 15) is 4.79 Å². The van der Waals surface area contributed by atoms with E-state index in [1.807, 2.05) is 53.4 Å². The number of hydrogen-bond donors (Lipinski definition) is 0. The number of nitrogens with zero attached hydrogens (tertiary/aromatic N) is 3. The van der Waals surface area contributed by atoms with Crippen LogP contribution in [0.3, 0.4) is 0 Å². The topological polar surface area (TPSA) is 54.9 Å². The van der Waals surface area contributed by atoms with Gasteiger partial charge < -0.3 is 19.3 Å². The van der Waals surface area contributed by atoms with E-state index in [1.54, 1.807) is 6.20 Å². The lowest BCUT2D eigenvalue weighted by Gasteiger charge is -2.38. The Kier molecular flexibility index (Phi) is 5.19. The van der Waals surface area contributed by atoms with Gasteiger partial charge in [-0.25, -0.2) is 0 Å². The second-order valence-corrected chi connectivity index (χ2v) is 7.97. The third kappa shape index (κ3) is 3.68. The van der Waals surface area contributed by atoms with Crippen LogP contribution in [0.5, 0.6) is 5.75 Å². The highest BCUT2D eigenvalue weighted by molar-refractivity contribution is 6.31. The number of rotatable bonds is 3. The Morgan fingerprint density at radius 3 is 2.83 bits per heavy atom. The first kappa shape index (κ1) is 19.2. The van der Waals surface area contributed by atoms with Crippen LogP contribution < -0.4 is 9.64 Å². The molecule has 7 heteroatoms. The summed E-state index contributed by atoms with van der Waals surface area (Å²) in [6.07, 6.45) is 1.23. The molecule has 0 spiro atoms. The van der Waals surface area contributed by atoms with Crippen LogP contribution in [0.4, 0.5) is 5.69 Å². The fourth-order valence-electron chi connectivity index (χ4n) is 4.13. The zero-order valence-corrected chi connectivity index (χ0v) is 17.2. The lowest BCUT2D eigenvalue weighted by atomic mass is 10.1. The largest absolute Gasteiger partial charge is 0.477 e. The number of ether oxygens (including phenoxy) is 2. The van der Waals surface area contributed by atoms with E-state index in [1.165, 1.54) is 0 Å². The smallest absolute Gasteiger partial charge is 0.265 e. The Bertz CT molecular complexity index is 1080. The number of carbonyl (C=O) groups excluding carboxylic acids is 1. The first-order valence-electron chi connectivity index (χ1n) is 10.1. The van der Waals surface area contributed by atoms with Gasteiger partial charge in [-0.05, 0) is 35.9 Å². The van der Waals surface area contributed by atoms with E-state index in [0.29, 0.717) is 44.4 Å². The van der Waals surface area contributed by atoms with Crippen molar-refractivity contribution < 1.29 is 14.3 Å². The maximum Gasteiger partial charge on any atom is 0.265 e. The van der Waals surface area contributed by atoms with Crippen molar-refractivity contribution in [3.05, 3.63) is 65.3 Å². The molecule has 6 nitrogen and oxygen atoms in total. The number of amides is 1. The number of morpholine rings is 1. The Morgan fingerprint density at radius 2 is 1.97 bits per heavy atom. The van der Waals surface area contributed by atoms with Crippen LogP contribution >= 0.6 is 11.6 Å². The Labute approximate surface area is 180 Å². The maximum atomic E-state index is 13.1. The molecule has 3 aromatic rings. The molecule has 154 valence electrons. The number of halogens is 1. The molecule has 2 aliphatic heterocycles. The summed E-state index contributed by atoms with van der Waals surface area (Å²) in [6.45, 7) is 3.39. The van der Waals surface area contributed by atoms with E-state index in [0.717, 1.165) is 27.9 Å². The molecule has 1 aromatic heterocycles. The minimum absolute atomic E-state index is 0.00637. The van der Waals surface area contributed by atoms with Gasteiger partial charge in [-0.3, -0.25) is 9.78 Å². The first-order chi connectivity index (χ1) is 14.7. The highest BCUT2D eigenvalue weighted by atomic mass is 35.5. The predicted octanol–water partition coefficient (Wildman–Crippen LogP) is 3.51. The molecule has 2 aliphatic rings. The summed E-state index contributed by atoms with van der Waals surface area (Å²) in [5, 5.41) is 1.68. The van der Waals surface area contributed by atoms with Crippen molar-refractivity contribution in [3.8, 4) is 5.75 Å². The predicted molar refractivity (Wildman–Crippen MR) is 116 cm³/mol. The highest BCUT2D eigenvalue weighted by Crippen LogP contribution is 2.35.